The Kier molecular flexibility index (Phi) is 5.89. The summed E-state index contributed by atoms with van der Waals surface area (Å²) < 4.78 is 41.5. The Morgan fingerprint density at radius 3 is 2.48 bits per heavy atom. The Labute approximate surface area is 189 Å². The fraction of sp³-hybridized carbons (Fsp3) is 0.250. The molecule has 2 aromatic heterocycles. The van der Waals surface area contributed by atoms with Gasteiger partial charge in [-0.15, -0.1) is 0 Å². The summed E-state index contributed by atoms with van der Waals surface area (Å²) in [5, 5.41) is 3.25. The second-order valence-electron chi connectivity index (χ2n) is 7.75. The van der Waals surface area contributed by atoms with Crippen LogP contribution in [0.1, 0.15) is 5.56 Å². The van der Waals surface area contributed by atoms with Crippen molar-refractivity contribution in [2.45, 2.75) is 6.54 Å². The van der Waals surface area contributed by atoms with Crippen LogP contribution in [0.2, 0.25) is 0 Å². The summed E-state index contributed by atoms with van der Waals surface area (Å²) in [6.45, 7) is 4.21. The lowest BCUT2D eigenvalue weighted by molar-refractivity contribution is 0.0342. The molecule has 0 saturated carbocycles. The van der Waals surface area contributed by atoms with E-state index in [4.69, 9.17) is 9.47 Å². The predicted molar refractivity (Wildman–Crippen MR) is 121 cm³/mol. The first-order valence-corrected chi connectivity index (χ1v) is 10.7. The molecule has 4 aromatic rings. The molecule has 170 valence electrons. The van der Waals surface area contributed by atoms with Crippen LogP contribution < -0.4 is 10.1 Å². The predicted octanol–water partition coefficient (Wildman–Crippen LogP) is 4.26. The number of hydrogen-bond donors (Lipinski definition) is 1. The van der Waals surface area contributed by atoms with Gasteiger partial charge in [-0.05, 0) is 29.8 Å². The minimum absolute atomic E-state index is 0.118. The van der Waals surface area contributed by atoms with Crippen LogP contribution in [-0.2, 0) is 11.3 Å². The number of fused-ring (bicyclic) bond motifs is 1. The van der Waals surface area contributed by atoms with Gasteiger partial charge < -0.3 is 14.8 Å². The van der Waals surface area contributed by atoms with E-state index >= 15 is 0 Å². The van der Waals surface area contributed by atoms with Crippen LogP contribution in [0.3, 0.4) is 0 Å². The van der Waals surface area contributed by atoms with Crippen LogP contribution in [-0.4, -0.2) is 52.7 Å². The van der Waals surface area contributed by atoms with Gasteiger partial charge in [0.05, 0.1) is 25.9 Å². The quantitative estimate of drug-likeness (QED) is 0.473. The maximum absolute atomic E-state index is 14.5. The first-order chi connectivity index (χ1) is 16.1. The number of anilines is 2. The minimum Gasteiger partial charge on any atom is -0.479 e. The van der Waals surface area contributed by atoms with Gasteiger partial charge in [-0.3, -0.25) is 9.30 Å². The zero-order chi connectivity index (χ0) is 22.8. The average Bonchev–Trinajstić information content (AvgIpc) is 3.19. The number of imidazole rings is 1. The second kappa shape index (κ2) is 9.13. The zero-order valence-corrected chi connectivity index (χ0v) is 18.1. The average molecular weight is 451 g/mol. The van der Waals surface area contributed by atoms with E-state index in [1.165, 1.54) is 37.1 Å². The highest BCUT2D eigenvalue weighted by Gasteiger charge is 2.22. The maximum Gasteiger partial charge on any atom is 0.242 e. The molecule has 33 heavy (non-hydrogen) atoms. The third kappa shape index (κ3) is 4.24. The summed E-state index contributed by atoms with van der Waals surface area (Å²) in [5.41, 5.74) is 2.24. The molecule has 0 spiro atoms. The molecular formula is C24H23F2N5O2. The SMILES string of the molecule is COc1nccn2c(-c3c(F)cccc3F)nc(Nc3ccc(CN4CCOCC4)cc3)c12. The fourth-order valence-electron chi connectivity index (χ4n) is 3.98. The number of nitrogens with zero attached hydrogens (tertiary/aromatic N) is 4. The number of methoxy groups -OCH3 is 1. The molecule has 1 saturated heterocycles. The molecule has 0 radical (unpaired) electrons. The van der Waals surface area contributed by atoms with Crippen LogP contribution in [0, 0.1) is 11.6 Å². The van der Waals surface area contributed by atoms with Gasteiger partial charge in [0.25, 0.3) is 0 Å². The fourth-order valence-corrected chi connectivity index (χ4v) is 3.98. The Morgan fingerprint density at radius 1 is 1.06 bits per heavy atom. The van der Waals surface area contributed by atoms with Gasteiger partial charge >= 0.3 is 0 Å². The lowest BCUT2D eigenvalue weighted by Gasteiger charge is -2.26. The van der Waals surface area contributed by atoms with E-state index in [-0.39, 0.29) is 11.4 Å². The van der Waals surface area contributed by atoms with Crippen LogP contribution in [0.25, 0.3) is 16.9 Å². The van der Waals surface area contributed by atoms with Crippen molar-refractivity contribution in [1.82, 2.24) is 19.3 Å². The topological polar surface area (TPSA) is 63.9 Å². The smallest absolute Gasteiger partial charge is 0.242 e. The number of rotatable bonds is 6. The highest BCUT2D eigenvalue weighted by atomic mass is 19.1. The van der Waals surface area contributed by atoms with Gasteiger partial charge in [0.1, 0.15) is 11.6 Å². The van der Waals surface area contributed by atoms with Crippen LogP contribution in [0.15, 0.2) is 54.9 Å². The van der Waals surface area contributed by atoms with Gasteiger partial charge in [0.2, 0.25) is 5.88 Å². The van der Waals surface area contributed by atoms with E-state index in [1.807, 2.05) is 24.3 Å². The van der Waals surface area contributed by atoms with Crippen molar-refractivity contribution in [2.24, 2.45) is 0 Å². The van der Waals surface area contributed by atoms with E-state index < -0.39 is 11.6 Å². The number of aromatic nitrogens is 3. The molecule has 2 aromatic carbocycles. The summed E-state index contributed by atoms with van der Waals surface area (Å²) in [5.74, 6) is -0.598. The highest BCUT2D eigenvalue weighted by molar-refractivity contribution is 5.82. The summed E-state index contributed by atoms with van der Waals surface area (Å²) in [6.07, 6.45) is 3.10. The molecule has 0 atom stereocenters. The van der Waals surface area contributed by atoms with Crippen molar-refractivity contribution in [3.05, 3.63) is 72.1 Å². The van der Waals surface area contributed by atoms with Crippen molar-refractivity contribution < 1.29 is 18.3 Å². The molecule has 0 amide bonds. The highest BCUT2D eigenvalue weighted by Crippen LogP contribution is 2.34. The molecule has 7 nitrogen and oxygen atoms in total. The van der Waals surface area contributed by atoms with Crippen LogP contribution >= 0.6 is 0 Å². The van der Waals surface area contributed by atoms with E-state index in [2.05, 4.69) is 20.2 Å². The van der Waals surface area contributed by atoms with Crippen molar-refractivity contribution in [3.8, 4) is 17.3 Å². The largest absolute Gasteiger partial charge is 0.479 e. The standard InChI is InChI=1S/C24H23F2N5O2/c1-32-24-21-22(28-17-7-5-16(6-8-17)15-30-11-13-33-14-12-30)29-23(31(21)10-9-27-24)20-18(25)3-2-4-19(20)26/h2-10,28H,11-15H2,1H3. The molecule has 9 heteroatoms. The lowest BCUT2D eigenvalue weighted by Crippen LogP contribution is -2.35. The number of nitrogens with one attached hydrogen (secondary N) is 1. The molecule has 1 aliphatic rings. The first-order valence-electron chi connectivity index (χ1n) is 10.7. The molecule has 5 rings (SSSR count). The summed E-state index contributed by atoms with van der Waals surface area (Å²) in [6, 6.07) is 11.7. The lowest BCUT2D eigenvalue weighted by atomic mass is 10.2. The summed E-state index contributed by atoms with van der Waals surface area (Å²) in [4.78, 5) is 11.1. The minimum atomic E-state index is -0.698. The molecule has 1 N–H and O–H groups in total. The van der Waals surface area contributed by atoms with E-state index in [9.17, 15) is 8.78 Å². The first kappa shape index (κ1) is 21.3. The third-order valence-corrected chi connectivity index (χ3v) is 5.63. The second-order valence-corrected chi connectivity index (χ2v) is 7.75. The van der Waals surface area contributed by atoms with Crippen LogP contribution in [0.5, 0.6) is 5.88 Å². The maximum atomic E-state index is 14.5. The third-order valence-electron chi connectivity index (χ3n) is 5.63. The van der Waals surface area contributed by atoms with Gasteiger partial charge in [-0.2, -0.15) is 0 Å². The Hall–Kier alpha value is -3.56. The summed E-state index contributed by atoms with van der Waals surface area (Å²) >= 11 is 0. The normalized spacial score (nSPS) is 14.5. The van der Waals surface area contributed by atoms with Gasteiger partial charge in [-0.1, -0.05) is 18.2 Å². The van der Waals surface area contributed by atoms with Gasteiger partial charge in [0.15, 0.2) is 17.2 Å². The molecule has 0 aliphatic carbocycles. The van der Waals surface area contributed by atoms with Gasteiger partial charge in [-0.25, -0.2) is 18.7 Å². The number of hydrogen-bond acceptors (Lipinski definition) is 6. The van der Waals surface area contributed by atoms with Crippen molar-refractivity contribution >= 4 is 17.0 Å². The molecule has 0 bridgehead atoms. The van der Waals surface area contributed by atoms with Crippen molar-refractivity contribution in [1.29, 1.82) is 0 Å². The van der Waals surface area contributed by atoms with Crippen molar-refractivity contribution in [3.63, 3.8) is 0 Å². The molecular weight excluding hydrogens is 428 g/mol. The number of benzene rings is 2. The molecule has 1 fully saturated rings. The van der Waals surface area contributed by atoms with Crippen LogP contribution in [0.4, 0.5) is 20.3 Å². The number of morpholine rings is 1. The molecule has 0 unspecified atom stereocenters. The van der Waals surface area contributed by atoms with E-state index in [1.54, 1.807) is 10.6 Å². The summed E-state index contributed by atoms with van der Waals surface area (Å²) in [7, 11) is 1.49. The van der Waals surface area contributed by atoms with Crippen molar-refractivity contribution in [2.75, 3.05) is 38.7 Å². The molecule has 3 heterocycles. The Bertz CT molecular complexity index is 1250. The Balaban J connectivity index is 1.49. The van der Waals surface area contributed by atoms with E-state index in [0.29, 0.717) is 17.2 Å². The molecule has 1 aliphatic heterocycles. The number of ether oxygens (including phenoxy) is 2. The zero-order valence-electron chi connectivity index (χ0n) is 18.1. The van der Waals surface area contributed by atoms with E-state index in [0.717, 1.165) is 38.5 Å². The Morgan fingerprint density at radius 2 is 1.79 bits per heavy atom. The monoisotopic (exact) mass is 451 g/mol. The number of halogens is 2. The van der Waals surface area contributed by atoms with Gasteiger partial charge in [0, 0.05) is 37.7 Å².